The minimum Gasteiger partial charge on any atom is -0.489 e. The summed E-state index contributed by atoms with van der Waals surface area (Å²) in [6.45, 7) is 6.35. The summed E-state index contributed by atoms with van der Waals surface area (Å²) in [7, 11) is 0. The van der Waals surface area contributed by atoms with Gasteiger partial charge in [-0.3, -0.25) is 4.79 Å². The minimum atomic E-state index is -4.53. The van der Waals surface area contributed by atoms with Crippen molar-refractivity contribution < 1.29 is 22.7 Å². The molecule has 2 N–H and O–H groups in total. The van der Waals surface area contributed by atoms with Crippen LogP contribution < -0.4 is 10.5 Å². The van der Waals surface area contributed by atoms with E-state index in [0.29, 0.717) is 13.1 Å². The molecule has 0 aliphatic carbocycles. The topological polar surface area (TPSA) is 55.6 Å². The van der Waals surface area contributed by atoms with E-state index in [1.54, 1.807) is 4.90 Å². The highest BCUT2D eigenvalue weighted by Crippen LogP contribution is 2.34. The average Bonchev–Trinajstić information content (AvgIpc) is 2.92. The second kappa shape index (κ2) is 7.25. The van der Waals surface area contributed by atoms with Crippen molar-refractivity contribution in [3.63, 3.8) is 0 Å². The Hall–Kier alpha value is -2.02. The number of nitrogens with zero attached hydrogens (tertiary/aromatic N) is 1. The zero-order chi connectivity index (χ0) is 17.9. The van der Waals surface area contributed by atoms with Crippen LogP contribution in [0.1, 0.15) is 29.3 Å². The van der Waals surface area contributed by atoms with Crippen molar-refractivity contribution in [2.24, 2.45) is 11.7 Å². The first-order chi connectivity index (χ1) is 11.3. The van der Waals surface area contributed by atoms with E-state index in [0.717, 1.165) is 18.6 Å². The summed E-state index contributed by atoms with van der Waals surface area (Å²) in [5.41, 5.74) is 4.69. The Kier molecular flexibility index (Phi) is 5.54. The van der Waals surface area contributed by atoms with Crippen molar-refractivity contribution in [1.82, 2.24) is 4.90 Å². The molecular formula is C17H21F3N2O2. The summed E-state index contributed by atoms with van der Waals surface area (Å²) < 4.78 is 44.3. The summed E-state index contributed by atoms with van der Waals surface area (Å²) >= 11 is 0. The predicted molar refractivity (Wildman–Crippen MR) is 84.8 cm³/mol. The van der Waals surface area contributed by atoms with Crippen LogP contribution in [-0.4, -0.2) is 36.5 Å². The molecule has 1 saturated heterocycles. The molecule has 24 heavy (non-hydrogen) atoms. The Morgan fingerprint density at radius 2 is 2.21 bits per heavy atom. The molecule has 1 amide bonds. The number of hydrogen-bond acceptors (Lipinski definition) is 3. The fourth-order valence-corrected chi connectivity index (χ4v) is 2.90. The third kappa shape index (κ3) is 3.90. The Balaban J connectivity index is 2.37. The van der Waals surface area contributed by atoms with Gasteiger partial charge in [0.05, 0.1) is 11.1 Å². The lowest BCUT2D eigenvalue weighted by Gasteiger charge is -2.23. The molecule has 0 bridgehead atoms. The van der Waals surface area contributed by atoms with Gasteiger partial charge in [-0.1, -0.05) is 12.7 Å². The van der Waals surface area contributed by atoms with E-state index in [1.807, 2.05) is 6.92 Å². The molecule has 0 saturated carbocycles. The van der Waals surface area contributed by atoms with Crippen molar-refractivity contribution in [3.05, 3.63) is 42.0 Å². The van der Waals surface area contributed by atoms with Crippen molar-refractivity contribution in [3.8, 4) is 5.75 Å². The number of rotatable bonds is 5. The Labute approximate surface area is 139 Å². The minimum absolute atomic E-state index is 0.0761. The number of likely N-dealkylation sites (tertiary alicyclic amines) is 1. The Morgan fingerprint density at radius 1 is 1.50 bits per heavy atom. The van der Waals surface area contributed by atoms with E-state index in [1.165, 1.54) is 12.1 Å². The van der Waals surface area contributed by atoms with Gasteiger partial charge >= 0.3 is 6.18 Å². The number of ether oxygens (including phenoxy) is 1. The number of carbonyl (C=O) groups is 1. The molecule has 1 heterocycles. The summed E-state index contributed by atoms with van der Waals surface area (Å²) in [5.74, 6) is -0.188. The van der Waals surface area contributed by atoms with Gasteiger partial charge < -0.3 is 15.4 Å². The van der Waals surface area contributed by atoms with Crippen molar-refractivity contribution >= 4 is 5.91 Å². The molecule has 1 aliphatic rings. The van der Waals surface area contributed by atoms with Crippen LogP contribution in [0.5, 0.6) is 5.75 Å². The molecule has 1 aromatic rings. The third-order valence-corrected chi connectivity index (χ3v) is 4.15. The quantitative estimate of drug-likeness (QED) is 0.837. The molecule has 7 heteroatoms. The lowest BCUT2D eigenvalue weighted by molar-refractivity contribution is -0.137. The van der Waals surface area contributed by atoms with Gasteiger partial charge in [0.25, 0.3) is 5.91 Å². The standard InChI is InChI=1S/C17H21F3N2O2/c1-3-6-24-15-5-4-13(17(18,19)20)8-14(15)16(23)22-10-12(9-21)7-11(22)2/h3-5,8,11-12H,1,6-7,9-10,21H2,2H3. The number of benzene rings is 1. The summed E-state index contributed by atoms with van der Waals surface area (Å²) in [6, 6.07) is 2.86. The monoisotopic (exact) mass is 342 g/mol. The first-order valence-corrected chi connectivity index (χ1v) is 7.74. The van der Waals surface area contributed by atoms with Gasteiger partial charge in [0, 0.05) is 12.6 Å². The molecular weight excluding hydrogens is 321 g/mol. The van der Waals surface area contributed by atoms with Gasteiger partial charge in [0.2, 0.25) is 0 Å². The van der Waals surface area contributed by atoms with Crippen LogP contribution in [-0.2, 0) is 6.18 Å². The lowest BCUT2D eigenvalue weighted by Crippen LogP contribution is -2.35. The molecule has 4 nitrogen and oxygen atoms in total. The highest BCUT2D eigenvalue weighted by Gasteiger charge is 2.36. The van der Waals surface area contributed by atoms with Crippen LogP contribution in [0.3, 0.4) is 0 Å². The third-order valence-electron chi connectivity index (χ3n) is 4.15. The van der Waals surface area contributed by atoms with E-state index in [2.05, 4.69) is 6.58 Å². The molecule has 0 aromatic heterocycles. The van der Waals surface area contributed by atoms with Crippen LogP contribution in [0.2, 0.25) is 0 Å². The summed E-state index contributed by atoms with van der Waals surface area (Å²) in [5, 5.41) is 0. The van der Waals surface area contributed by atoms with Crippen LogP contribution in [0.4, 0.5) is 13.2 Å². The van der Waals surface area contributed by atoms with Gasteiger partial charge in [-0.2, -0.15) is 13.2 Å². The van der Waals surface area contributed by atoms with E-state index in [4.69, 9.17) is 10.5 Å². The van der Waals surface area contributed by atoms with Crippen LogP contribution >= 0.6 is 0 Å². The van der Waals surface area contributed by atoms with Crippen molar-refractivity contribution in [2.75, 3.05) is 19.7 Å². The number of halogens is 3. The highest BCUT2D eigenvalue weighted by atomic mass is 19.4. The van der Waals surface area contributed by atoms with Gasteiger partial charge in [-0.15, -0.1) is 0 Å². The van der Waals surface area contributed by atoms with Crippen molar-refractivity contribution in [2.45, 2.75) is 25.6 Å². The molecule has 2 unspecified atom stereocenters. The van der Waals surface area contributed by atoms with Crippen LogP contribution in [0, 0.1) is 5.92 Å². The number of carbonyl (C=O) groups excluding carboxylic acids is 1. The maximum absolute atomic E-state index is 13.0. The van der Waals surface area contributed by atoms with Gasteiger partial charge in [0.15, 0.2) is 0 Å². The predicted octanol–water partition coefficient (Wildman–Crippen LogP) is 3.08. The number of amides is 1. The smallest absolute Gasteiger partial charge is 0.416 e. The largest absolute Gasteiger partial charge is 0.489 e. The molecule has 2 atom stereocenters. The maximum atomic E-state index is 13.0. The zero-order valence-electron chi connectivity index (χ0n) is 13.5. The Bertz CT molecular complexity index is 616. The van der Waals surface area contributed by atoms with E-state index in [9.17, 15) is 18.0 Å². The SMILES string of the molecule is C=CCOc1ccc(C(F)(F)F)cc1C(=O)N1CC(CN)CC1C. The van der Waals surface area contributed by atoms with Crippen LogP contribution in [0.15, 0.2) is 30.9 Å². The highest BCUT2D eigenvalue weighted by molar-refractivity contribution is 5.97. The van der Waals surface area contributed by atoms with Gasteiger partial charge in [-0.25, -0.2) is 0 Å². The lowest BCUT2D eigenvalue weighted by atomic mass is 10.1. The molecule has 1 fully saturated rings. The first kappa shape index (κ1) is 18.3. The summed E-state index contributed by atoms with van der Waals surface area (Å²) in [6.07, 6.45) is -2.32. The second-order valence-electron chi connectivity index (χ2n) is 5.95. The number of hydrogen-bond donors (Lipinski definition) is 1. The van der Waals surface area contributed by atoms with E-state index in [-0.39, 0.29) is 29.9 Å². The second-order valence-corrected chi connectivity index (χ2v) is 5.95. The Morgan fingerprint density at radius 3 is 2.75 bits per heavy atom. The fourth-order valence-electron chi connectivity index (χ4n) is 2.90. The summed E-state index contributed by atoms with van der Waals surface area (Å²) in [4.78, 5) is 14.4. The van der Waals surface area contributed by atoms with Crippen LogP contribution in [0.25, 0.3) is 0 Å². The van der Waals surface area contributed by atoms with E-state index >= 15 is 0 Å². The normalized spacial score (nSPS) is 21.0. The molecule has 132 valence electrons. The average molecular weight is 342 g/mol. The number of nitrogens with two attached hydrogens (primary N) is 1. The molecule has 1 aromatic carbocycles. The zero-order valence-corrected chi connectivity index (χ0v) is 13.5. The fraction of sp³-hybridized carbons (Fsp3) is 0.471. The first-order valence-electron chi connectivity index (χ1n) is 7.74. The van der Waals surface area contributed by atoms with Crippen molar-refractivity contribution in [1.29, 1.82) is 0 Å². The van der Waals surface area contributed by atoms with E-state index < -0.39 is 17.6 Å². The van der Waals surface area contributed by atoms with Gasteiger partial charge in [-0.05, 0) is 44.0 Å². The van der Waals surface area contributed by atoms with Gasteiger partial charge in [0.1, 0.15) is 12.4 Å². The molecule has 2 rings (SSSR count). The maximum Gasteiger partial charge on any atom is 0.416 e. The molecule has 0 radical (unpaired) electrons. The molecule has 0 spiro atoms. The molecule has 1 aliphatic heterocycles. The number of alkyl halides is 3.